The van der Waals surface area contributed by atoms with E-state index in [2.05, 4.69) is 31.0 Å². The Morgan fingerprint density at radius 3 is 2.58 bits per heavy atom. The van der Waals surface area contributed by atoms with Gasteiger partial charge in [0.15, 0.2) is 6.29 Å². The van der Waals surface area contributed by atoms with Gasteiger partial charge in [-0.1, -0.05) is 20.8 Å². The molecule has 1 amide bonds. The van der Waals surface area contributed by atoms with Gasteiger partial charge in [0.2, 0.25) is 5.91 Å². The van der Waals surface area contributed by atoms with E-state index >= 15 is 0 Å². The minimum Gasteiger partial charge on any atom is -0.359 e. The molecule has 4 saturated carbocycles. The number of carbonyl (C=O) groups is 1. The maximum absolute atomic E-state index is 12.3. The quantitative estimate of drug-likeness (QED) is 0.121. The molecule has 12 atom stereocenters. The third-order valence-electron chi connectivity index (χ3n) is 15.2. The molecule has 12 heteroatoms. The van der Waals surface area contributed by atoms with Crippen molar-refractivity contribution in [1.82, 2.24) is 10.2 Å². The first kappa shape index (κ1) is 40.8. The molecule has 0 aromatic heterocycles. The average molecular weight is 755 g/mol. The Morgan fingerprint density at radius 1 is 0.981 bits per heavy atom. The second kappa shape index (κ2) is 17.9. The number of hydrogen-bond donors (Lipinski definition) is 2. The summed E-state index contributed by atoms with van der Waals surface area (Å²) in [4.78, 5) is 14.4. The van der Waals surface area contributed by atoms with Crippen LogP contribution in [0.15, 0.2) is 0 Å². The number of methoxy groups -OCH3 is 1. The highest BCUT2D eigenvalue weighted by Gasteiger charge is 2.64. The van der Waals surface area contributed by atoms with Crippen LogP contribution in [-0.4, -0.2) is 95.1 Å². The third-order valence-corrected chi connectivity index (χ3v) is 15.7. The number of carbonyl (C=O) groups excluding carboxylic acids is 1. The second-order valence-electron chi connectivity index (χ2n) is 17.9. The monoisotopic (exact) mass is 754 g/mol. The van der Waals surface area contributed by atoms with Gasteiger partial charge in [-0.2, -0.15) is 8.42 Å². The molecule has 2 aliphatic heterocycles. The first-order valence-corrected chi connectivity index (χ1v) is 22.3. The largest absolute Gasteiger partial charge is 0.397 e. The van der Waals surface area contributed by atoms with Gasteiger partial charge in [-0.25, -0.2) is 4.18 Å². The molecule has 0 aromatic rings. The Kier molecular flexibility index (Phi) is 14.1. The maximum atomic E-state index is 12.3. The van der Waals surface area contributed by atoms with Crippen LogP contribution in [0, 0.1) is 46.3 Å². The average Bonchev–Trinajstić information content (AvgIpc) is 3.48. The van der Waals surface area contributed by atoms with Crippen LogP contribution < -0.4 is 5.32 Å². The summed E-state index contributed by atoms with van der Waals surface area (Å²) in [6.07, 6.45) is 16.4. The van der Waals surface area contributed by atoms with E-state index in [0.29, 0.717) is 92.1 Å². The Hall–Kier alpha value is -0.860. The molecule has 2 heterocycles. The predicted molar refractivity (Wildman–Crippen MR) is 199 cm³/mol. The van der Waals surface area contributed by atoms with E-state index < -0.39 is 16.5 Å². The number of likely N-dealkylation sites (tertiary alicyclic amines) is 1. The van der Waals surface area contributed by atoms with Crippen molar-refractivity contribution >= 4 is 16.3 Å². The van der Waals surface area contributed by atoms with Crippen LogP contribution in [-0.2, 0) is 38.3 Å². The number of ether oxygens (including phenoxy) is 4. The van der Waals surface area contributed by atoms with E-state index in [1.807, 2.05) is 0 Å². The third kappa shape index (κ3) is 9.39. The van der Waals surface area contributed by atoms with E-state index in [9.17, 15) is 17.8 Å². The molecule has 0 spiro atoms. The number of amides is 1. The molecule has 5 unspecified atom stereocenters. The molecule has 0 bridgehead atoms. The number of nitrogens with one attached hydrogen (secondary N) is 1. The molecule has 52 heavy (non-hydrogen) atoms. The van der Waals surface area contributed by atoms with Crippen LogP contribution >= 0.6 is 0 Å². The van der Waals surface area contributed by atoms with Crippen LogP contribution in [0.1, 0.15) is 130 Å². The molecule has 2 N–H and O–H groups in total. The molecule has 4 aliphatic carbocycles. The van der Waals surface area contributed by atoms with E-state index in [0.717, 1.165) is 71.0 Å². The number of piperidine rings is 1. The molecule has 2 saturated heterocycles. The minimum absolute atomic E-state index is 0.00773. The Labute approximate surface area is 314 Å². The van der Waals surface area contributed by atoms with E-state index in [1.54, 1.807) is 7.11 Å². The number of nitrogens with zero attached hydrogens (tertiary/aromatic N) is 1. The van der Waals surface area contributed by atoms with Gasteiger partial charge in [0.1, 0.15) is 6.79 Å². The lowest BCUT2D eigenvalue weighted by Gasteiger charge is -2.63. The number of fused-ring (bicyclic) bond motifs is 5. The minimum atomic E-state index is -4.58. The van der Waals surface area contributed by atoms with Gasteiger partial charge in [0, 0.05) is 51.2 Å². The molecular weight excluding hydrogens is 685 g/mol. The zero-order valence-corrected chi connectivity index (χ0v) is 33.4. The van der Waals surface area contributed by atoms with Gasteiger partial charge in [-0.3, -0.25) is 9.35 Å². The van der Waals surface area contributed by atoms with Crippen molar-refractivity contribution in [2.24, 2.45) is 46.3 Å². The van der Waals surface area contributed by atoms with Crippen LogP contribution in [0.5, 0.6) is 0 Å². The van der Waals surface area contributed by atoms with Crippen molar-refractivity contribution in [3.8, 4) is 0 Å². The maximum Gasteiger partial charge on any atom is 0.397 e. The predicted octanol–water partition coefficient (Wildman–Crippen LogP) is 6.75. The van der Waals surface area contributed by atoms with E-state index in [1.165, 1.54) is 38.5 Å². The van der Waals surface area contributed by atoms with E-state index in [4.69, 9.17) is 23.1 Å². The highest BCUT2D eigenvalue weighted by Crippen LogP contribution is 2.69. The SMILES string of the molecule is COCO[C@H]1CC2C(CC[C@H]3C[C@@H](NCCN4CCCCC4=O)CC[C@]23C)C2CC[C@H]([C@H](C)CCC(CCOC3CCCCO3)OS(=O)(=O)O)[C@]21C. The lowest BCUT2D eigenvalue weighted by molar-refractivity contribution is -0.209. The Morgan fingerprint density at radius 2 is 1.83 bits per heavy atom. The summed E-state index contributed by atoms with van der Waals surface area (Å²) in [5.74, 6) is 3.71. The smallest absolute Gasteiger partial charge is 0.359 e. The van der Waals surface area contributed by atoms with Crippen molar-refractivity contribution in [2.75, 3.05) is 46.8 Å². The number of hydrogen-bond acceptors (Lipinski definition) is 9. The Balaban J connectivity index is 1.07. The van der Waals surface area contributed by atoms with Gasteiger partial charge in [-0.05, 0) is 144 Å². The molecule has 0 aromatic carbocycles. The fourth-order valence-corrected chi connectivity index (χ4v) is 13.0. The normalized spacial score (nSPS) is 39.4. The van der Waals surface area contributed by atoms with E-state index in [-0.39, 0.29) is 17.8 Å². The topological polar surface area (TPSA) is 133 Å². The molecule has 6 fully saturated rings. The van der Waals surface area contributed by atoms with Crippen molar-refractivity contribution in [2.45, 2.75) is 154 Å². The highest BCUT2D eigenvalue weighted by molar-refractivity contribution is 7.80. The van der Waals surface area contributed by atoms with Crippen molar-refractivity contribution in [3.05, 3.63) is 0 Å². The van der Waals surface area contributed by atoms with Gasteiger partial charge >= 0.3 is 10.4 Å². The summed E-state index contributed by atoms with van der Waals surface area (Å²) in [7, 11) is -2.86. The van der Waals surface area contributed by atoms with Gasteiger partial charge < -0.3 is 29.2 Å². The van der Waals surface area contributed by atoms with Gasteiger partial charge in [0.05, 0.1) is 18.8 Å². The summed E-state index contributed by atoms with van der Waals surface area (Å²) in [6.45, 7) is 11.4. The van der Waals surface area contributed by atoms with Gasteiger partial charge in [0.25, 0.3) is 0 Å². The van der Waals surface area contributed by atoms with Crippen LogP contribution in [0.3, 0.4) is 0 Å². The lowest BCUT2D eigenvalue weighted by atomic mass is 9.43. The van der Waals surface area contributed by atoms with Crippen LogP contribution in [0.4, 0.5) is 0 Å². The van der Waals surface area contributed by atoms with Gasteiger partial charge in [-0.15, -0.1) is 0 Å². The summed E-state index contributed by atoms with van der Waals surface area (Å²) in [5.41, 5.74) is 0.308. The number of rotatable bonds is 17. The molecular formula is C40H70N2O9S. The van der Waals surface area contributed by atoms with Crippen molar-refractivity contribution < 1.29 is 40.9 Å². The van der Waals surface area contributed by atoms with Crippen molar-refractivity contribution in [1.29, 1.82) is 0 Å². The summed E-state index contributed by atoms with van der Waals surface area (Å²) in [6, 6.07) is 0.529. The zero-order valence-electron chi connectivity index (χ0n) is 32.6. The fourth-order valence-electron chi connectivity index (χ4n) is 12.5. The molecule has 300 valence electrons. The molecule has 11 nitrogen and oxygen atoms in total. The molecule has 0 radical (unpaired) electrons. The fraction of sp³-hybridized carbons (Fsp3) is 0.975. The first-order valence-electron chi connectivity index (χ1n) is 20.9. The molecule has 6 aliphatic rings. The summed E-state index contributed by atoms with van der Waals surface area (Å²) in [5, 5.41) is 3.86. The summed E-state index contributed by atoms with van der Waals surface area (Å²) >= 11 is 0. The second-order valence-corrected chi connectivity index (χ2v) is 19.0. The first-order chi connectivity index (χ1) is 24.9. The zero-order chi connectivity index (χ0) is 36.9. The summed E-state index contributed by atoms with van der Waals surface area (Å²) < 4.78 is 62.2. The Bertz CT molecular complexity index is 1270. The standard InChI is InChI=1S/C40H70N2O9S/c1-28(11-13-31(51-52(44,45)46)18-24-49-38-10-6-8-23-48-38)33-15-16-34-32-14-12-29-25-30(41-20-22-42-21-7-5-9-37(42)43)17-19-39(29,2)35(32)26-36(40(33,34)3)50-27-47-4/h28-36,38,41H,5-27H2,1-4H3,(H,44,45,46)/t28-,29+,30+,31?,32?,33-,34?,35?,36+,38?,39+,40-/m1/s1. The lowest BCUT2D eigenvalue weighted by Crippen LogP contribution is -2.60. The van der Waals surface area contributed by atoms with Crippen LogP contribution in [0.25, 0.3) is 0 Å². The van der Waals surface area contributed by atoms with Crippen LogP contribution in [0.2, 0.25) is 0 Å². The van der Waals surface area contributed by atoms with Crippen molar-refractivity contribution in [3.63, 3.8) is 0 Å². The highest BCUT2D eigenvalue weighted by atomic mass is 32.3. The molecule has 6 rings (SSSR count).